The van der Waals surface area contributed by atoms with Crippen molar-refractivity contribution in [3.63, 3.8) is 0 Å². The number of halogens is 1. The van der Waals surface area contributed by atoms with E-state index in [2.05, 4.69) is 15.2 Å². The van der Waals surface area contributed by atoms with Crippen LogP contribution in [-0.4, -0.2) is 40.5 Å². The van der Waals surface area contributed by atoms with E-state index in [-0.39, 0.29) is 22.5 Å². The number of H-pyrrole nitrogens is 1. The van der Waals surface area contributed by atoms with E-state index in [0.29, 0.717) is 39.8 Å². The molecule has 36 heavy (non-hydrogen) atoms. The molecule has 2 N–H and O–H groups in total. The highest BCUT2D eigenvalue weighted by Gasteiger charge is 2.15. The van der Waals surface area contributed by atoms with Gasteiger partial charge in [-0.2, -0.15) is 0 Å². The first kappa shape index (κ1) is 24.8. The molecule has 184 valence electrons. The largest absolute Gasteiger partial charge is 0.497 e. The summed E-state index contributed by atoms with van der Waals surface area (Å²) in [7, 11) is 3.10. The van der Waals surface area contributed by atoms with Crippen LogP contribution < -0.4 is 14.2 Å². The highest BCUT2D eigenvalue weighted by atomic mass is 32.2. The fraction of sp³-hybridized carbons (Fsp3) is 0.115. The summed E-state index contributed by atoms with van der Waals surface area (Å²) in [6.45, 7) is 0.0877. The first-order valence-electron chi connectivity index (χ1n) is 10.7. The van der Waals surface area contributed by atoms with Crippen molar-refractivity contribution >= 4 is 23.8 Å². The van der Waals surface area contributed by atoms with Crippen LogP contribution in [0.4, 0.5) is 4.39 Å². The van der Waals surface area contributed by atoms with Gasteiger partial charge in [0, 0.05) is 17.2 Å². The maximum Gasteiger partial charge on any atom is 0.342 e. The Morgan fingerprint density at radius 2 is 1.72 bits per heavy atom. The Bertz CT molecular complexity index is 1370. The van der Waals surface area contributed by atoms with Crippen LogP contribution in [0.3, 0.4) is 0 Å². The van der Waals surface area contributed by atoms with Crippen LogP contribution in [0, 0.1) is 5.82 Å². The average molecular weight is 508 g/mol. The van der Waals surface area contributed by atoms with Gasteiger partial charge >= 0.3 is 5.97 Å². The van der Waals surface area contributed by atoms with Gasteiger partial charge in [-0.25, -0.2) is 14.2 Å². The zero-order valence-electron chi connectivity index (χ0n) is 19.4. The minimum Gasteiger partial charge on any atom is -0.497 e. The van der Waals surface area contributed by atoms with Crippen molar-refractivity contribution < 1.29 is 28.5 Å². The summed E-state index contributed by atoms with van der Waals surface area (Å²) < 4.78 is 29.9. The predicted octanol–water partition coefficient (Wildman–Crippen LogP) is 5.42. The van der Waals surface area contributed by atoms with E-state index >= 15 is 0 Å². The van der Waals surface area contributed by atoms with Gasteiger partial charge in [0.2, 0.25) is 5.16 Å². The van der Waals surface area contributed by atoms with Crippen LogP contribution in [0.25, 0.3) is 17.5 Å². The summed E-state index contributed by atoms with van der Waals surface area (Å²) in [5.74, 6) is 0.697. The number of nitrogens with zero attached hydrogens (tertiary/aromatic N) is 2. The molecule has 0 radical (unpaired) electrons. The van der Waals surface area contributed by atoms with Crippen molar-refractivity contribution in [2.45, 2.75) is 11.8 Å². The zero-order chi connectivity index (χ0) is 25.5. The van der Waals surface area contributed by atoms with Crippen molar-refractivity contribution in [2.24, 2.45) is 0 Å². The molecule has 0 saturated heterocycles. The number of methoxy groups -OCH3 is 2. The number of ether oxygens (including phenoxy) is 3. The molecule has 0 amide bonds. The Hall–Kier alpha value is -4.31. The molecule has 0 spiro atoms. The number of carboxylic acids is 1. The van der Waals surface area contributed by atoms with E-state index < -0.39 is 5.97 Å². The molecule has 4 aromatic rings. The van der Waals surface area contributed by atoms with Crippen molar-refractivity contribution in [1.29, 1.82) is 0 Å². The van der Waals surface area contributed by atoms with Gasteiger partial charge in [-0.15, -0.1) is 5.10 Å². The number of aliphatic carboxylic acids is 1. The minimum atomic E-state index is -1.12. The van der Waals surface area contributed by atoms with Crippen molar-refractivity contribution in [3.8, 4) is 28.6 Å². The molecule has 10 heteroatoms. The molecule has 1 aromatic heterocycles. The zero-order valence-corrected chi connectivity index (χ0v) is 20.2. The van der Waals surface area contributed by atoms with Crippen LogP contribution in [0.1, 0.15) is 11.1 Å². The van der Waals surface area contributed by atoms with Crippen molar-refractivity contribution in [1.82, 2.24) is 15.2 Å². The summed E-state index contributed by atoms with van der Waals surface area (Å²) in [5, 5.41) is 16.9. The lowest BCUT2D eigenvalue weighted by Gasteiger charge is -2.07. The summed E-state index contributed by atoms with van der Waals surface area (Å²) >= 11 is 0.913. The molecule has 4 rings (SSSR count). The fourth-order valence-electron chi connectivity index (χ4n) is 3.19. The van der Waals surface area contributed by atoms with Gasteiger partial charge in [0.25, 0.3) is 0 Å². The third kappa shape index (κ3) is 6.22. The molecule has 0 saturated carbocycles. The first-order valence-corrected chi connectivity index (χ1v) is 11.5. The van der Waals surface area contributed by atoms with Gasteiger partial charge in [-0.3, -0.25) is 5.10 Å². The molecule has 3 aromatic carbocycles. The first-order chi connectivity index (χ1) is 17.4. The van der Waals surface area contributed by atoms with Crippen molar-refractivity contribution in [3.05, 3.63) is 88.6 Å². The Kier molecular flexibility index (Phi) is 7.86. The van der Waals surface area contributed by atoms with E-state index in [4.69, 9.17) is 14.2 Å². The van der Waals surface area contributed by atoms with E-state index in [0.717, 1.165) is 11.8 Å². The number of rotatable bonds is 10. The number of hydrogen-bond donors (Lipinski definition) is 2. The highest BCUT2D eigenvalue weighted by molar-refractivity contribution is 8.04. The number of thioether (sulfide) groups is 1. The molecule has 0 atom stereocenters. The fourth-order valence-corrected chi connectivity index (χ4v) is 3.89. The summed E-state index contributed by atoms with van der Waals surface area (Å²) in [6, 6.07) is 18.5. The van der Waals surface area contributed by atoms with Crippen LogP contribution in [0.2, 0.25) is 0 Å². The maximum absolute atomic E-state index is 13.8. The SMILES string of the molecule is COc1cc(OC)cc(-c2nc(S/C(=C\c3ccc(OCc4ccccc4F)cc3)C(=O)O)n[nH]2)c1. The molecule has 0 fully saturated rings. The quantitative estimate of drug-likeness (QED) is 0.216. The van der Waals surface area contributed by atoms with E-state index in [9.17, 15) is 14.3 Å². The van der Waals surface area contributed by atoms with Crippen LogP contribution in [0.5, 0.6) is 17.2 Å². The summed E-state index contributed by atoms with van der Waals surface area (Å²) in [6.07, 6.45) is 1.51. The van der Waals surface area contributed by atoms with Gasteiger partial charge in [0.15, 0.2) is 5.82 Å². The lowest BCUT2D eigenvalue weighted by atomic mass is 10.2. The molecule has 1 heterocycles. The lowest BCUT2D eigenvalue weighted by Crippen LogP contribution is -1.98. The van der Waals surface area contributed by atoms with E-state index in [1.807, 2.05) is 0 Å². The number of aromatic nitrogens is 3. The smallest absolute Gasteiger partial charge is 0.342 e. The third-order valence-electron chi connectivity index (χ3n) is 5.03. The van der Waals surface area contributed by atoms with Gasteiger partial charge in [-0.1, -0.05) is 30.3 Å². The molecule has 0 aliphatic heterocycles. The average Bonchev–Trinajstić information content (AvgIpc) is 3.37. The minimum absolute atomic E-state index is 0.0313. The Morgan fingerprint density at radius 1 is 1.03 bits per heavy atom. The number of hydrogen-bond acceptors (Lipinski definition) is 7. The van der Waals surface area contributed by atoms with Crippen molar-refractivity contribution in [2.75, 3.05) is 14.2 Å². The lowest BCUT2D eigenvalue weighted by molar-refractivity contribution is -0.131. The van der Waals surface area contributed by atoms with Gasteiger partial charge in [0.05, 0.1) is 14.2 Å². The molecule has 0 bridgehead atoms. The highest BCUT2D eigenvalue weighted by Crippen LogP contribution is 2.31. The van der Waals surface area contributed by atoms with Gasteiger partial charge in [0.1, 0.15) is 34.6 Å². The second-order valence-electron chi connectivity index (χ2n) is 7.43. The Balaban J connectivity index is 1.46. The third-order valence-corrected chi connectivity index (χ3v) is 5.91. The second-order valence-corrected chi connectivity index (χ2v) is 8.44. The number of benzene rings is 3. The van der Waals surface area contributed by atoms with Crippen LogP contribution in [-0.2, 0) is 11.4 Å². The number of carbonyl (C=O) groups is 1. The molecule has 0 aliphatic rings. The monoisotopic (exact) mass is 507 g/mol. The van der Waals surface area contributed by atoms with Gasteiger partial charge in [-0.05, 0) is 53.7 Å². The Morgan fingerprint density at radius 3 is 2.36 bits per heavy atom. The number of carboxylic acid groups (broad SMARTS) is 1. The van der Waals surface area contributed by atoms with Gasteiger partial charge < -0.3 is 19.3 Å². The maximum atomic E-state index is 13.8. The topological polar surface area (TPSA) is 107 Å². The Labute approximate surface area is 210 Å². The predicted molar refractivity (Wildman–Crippen MR) is 134 cm³/mol. The van der Waals surface area contributed by atoms with Crippen LogP contribution in [0.15, 0.2) is 76.8 Å². The summed E-state index contributed by atoms with van der Waals surface area (Å²) in [5.41, 5.74) is 1.77. The number of aromatic amines is 1. The standard InChI is InChI=1S/C26H22FN3O5S/c1-33-20-12-18(13-21(14-20)34-2)24-28-26(30-29-24)36-23(25(31)32)11-16-7-9-19(10-8-16)35-15-17-5-3-4-6-22(17)27/h3-14H,15H2,1-2H3,(H,31,32)(H,28,29,30)/b23-11-. The summed E-state index contributed by atoms with van der Waals surface area (Å²) in [4.78, 5) is 16.3. The van der Waals surface area contributed by atoms with E-state index in [1.54, 1.807) is 74.9 Å². The molecule has 0 aliphatic carbocycles. The normalized spacial score (nSPS) is 11.2. The number of nitrogens with one attached hydrogen (secondary N) is 1. The molecular formula is C26H22FN3O5S. The molecule has 0 unspecified atom stereocenters. The molecule has 8 nitrogen and oxygen atoms in total. The van der Waals surface area contributed by atoms with E-state index in [1.165, 1.54) is 12.1 Å². The van der Waals surface area contributed by atoms with Crippen LogP contribution >= 0.6 is 11.8 Å². The molecular weight excluding hydrogens is 485 g/mol. The second kappa shape index (κ2) is 11.4.